The first kappa shape index (κ1) is 19.2. The van der Waals surface area contributed by atoms with Crippen LogP contribution >= 0.6 is 0 Å². The highest BCUT2D eigenvalue weighted by molar-refractivity contribution is 5.97. The van der Waals surface area contributed by atoms with E-state index in [1.807, 2.05) is 49.4 Å². The molecule has 1 aliphatic heterocycles. The summed E-state index contributed by atoms with van der Waals surface area (Å²) in [6.07, 6.45) is 1.65. The molecule has 0 saturated carbocycles. The van der Waals surface area contributed by atoms with Crippen molar-refractivity contribution in [3.8, 4) is 16.9 Å². The van der Waals surface area contributed by atoms with Gasteiger partial charge in [-0.25, -0.2) is 4.39 Å². The van der Waals surface area contributed by atoms with Crippen LogP contribution < -0.4 is 4.74 Å². The lowest BCUT2D eigenvalue weighted by molar-refractivity contribution is 0.0694. The van der Waals surface area contributed by atoms with E-state index < -0.39 is 0 Å². The lowest BCUT2D eigenvalue weighted by atomic mass is 9.96. The number of hydrogen-bond donors (Lipinski definition) is 0. The number of amides is 1. The number of carbonyl (C=O) groups is 1. The maximum Gasteiger partial charge on any atom is 0.254 e. The number of fused-ring (bicyclic) bond motifs is 1. The van der Waals surface area contributed by atoms with Gasteiger partial charge in [0.15, 0.2) is 0 Å². The Bertz CT molecular complexity index is 1050. The third-order valence-corrected chi connectivity index (χ3v) is 5.68. The minimum absolute atomic E-state index is 0.0418. The molecule has 0 N–H and O–H groups in total. The van der Waals surface area contributed by atoms with Gasteiger partial charge in [0.05, 0.1) is 13.2 Å². The highest BCUT2D eigenvalue weighted by Crippen LogP contribution is 2.34. The maximum atomic E-state index is 14.3. The fourth-order valence-electron chi connectivity index (χ4n) is 4.11. The van der Waals surface area contributed by atoms with Gasteiger partial charge < -0.3 is 9.64 Å². The number of halogens is 1. The van der Waals surface area contributed by atoms with Gasteiger partial charge >= 0.3 is 0 Å². The van der Waals surface area contributed by atoms with Crippen LogP contribution in [0.5, 0.6) is 5.75 Å². The maximum absolute atomic E-state index is 14.3. The number of rotatable bonds is 4. The third kappa shape index (κ3) is 3.63. The summed E-state index contributed by atoms with van der Waals surface area (Å²) < 4.78 is 19.8. The Morgan fingerprint density at radius 3 is 2.55 bits per heavy atom. The van der Waals surface area contributed by atoms with Crippen LogP contribution in [0, 0.1) is 5.82 Å². The van der Waals surface area contributed by atoms with Gasteiger partial charge in [-0.2, -0.15) is 0 Å². The summed E-state index contributed by atoms with van der Waals surface area (Å²) in [6.45, 7) is 2.50. The summed E-state index contributed by atoms with van der Waals surface area (Å²) >= 11 is 0. The Morgan fingerprint density at radius 2 is 1.76 bits per heavy atom. The molecule has 0 radical (unpaired) electrons. The van der Waals surface area contributed by atoms with E-state index in [-0.39, 0.29) is 17.8 Å². The normalized spacial score (nSPS) is 14.9. The van der Waals surface area contributed by atoms with Crippen molar-refractivity contribution in [2.45, 2.75) is 25.8 Å². The first-order chi connectivity index (χ1) is 14.1. The molecule has 3 aromatic carbocycles. The summed E-state index contributed by atoms with van der Waals surface area (Å²) in [5.41, 5.74) is 4.32. The van der Waals surface area contributed by atoms with Gasteiger partial charge in [-0.15, -0.1) is 0 Å². The second-order valence-electron chi connectivity index (χ2n) is 7.37. The lowest BCUT2D eigenvalue weighted by Crippen LogP contribution is -2.34. The lowest BCUT2D eigenvalue weighted by Gasteiger charge is -2.29. The zero-order valence-corrected chi connectivity index (χ0v) is 16.7. The molecular formula is C25H24FNO2. The van der Waals surface area contributed by atoms with Gasteiger partial charge in [0, 0.05) is 23.2 Å². The monoisotopic (exact) mass is 389 g/mol. The summed E-state index contributed by atoms with van der Waals surface area (Å²) in [5, 5.41) is 0. The standard InChI is InChI=1S/C25H24FNO2/c1-17(20-9-3-5-11-23(20)26)27-15-7-8-18-16-19(13-14-22(18)25(27)28)21-10-4-6-12-24(21)29-2/h3-6,9-14,16-17H,7-8,15H2,1-2H3. The first-order valence-corrected chi connectivity index (χ1v) is 9.92. The Labute approximate surface area is 170 Å². The Morgan fingerprint density at radius 1 is 1.00 bits per heavy atom. The molecule has 1 aliphatic rings. The minimum Gasteiger partial charge on any atom is -0.496 e. The van der Waals surface area contributed by atoms with E-state index in [4.69, 9.17) is 4.74 Å². The van der Waals surface area contributed by atoms with Crippen molar-refractivity contribution in [2.75, 3.05) is 13.7 Å². The van der Waals surface area contributed by atoms with Crippen molar-refractivity contribution in [2.24, 2.45) is 0 Å². The second kappa shape index (κ2) is 8.08. The van der Waals surface area contributed by atoms with Crippen molar-refractivity contribution >= 4 is 5.91 Å². The molecule has 0 fully saturated rings. The highest BCUT2D eigenvalue weighted by atomic mass is 19.1. The molecule has 4 heteroatoms. The number of benzene rings is 3. The number of aryl methyl sites for hydroxylation is 1. The summed E-state index contributed by atoms with van der Waals surface area (Å²) in [4.78, 5) is 15.1. The van der Waals surface area contributed by atoms with Crippen molar-refractivity contribution in [3.05, 3.63) is 89.2 Å². The van der Waals surface area contributed by atoms with Crippen molar-refractivity contribution < 1.29 is 13.9 Å². The van der Waals surface area contributed by atoms with Gasteiger partial charge in [0.25, 0.3) is 5.91 Å². The van der Waals surface area contributed by atoms with E-state index in [0.717, 1.165) is 35.3 Å². The predicted molar refractivity (Wildman–Crippen MR) is 113 cm³/mol. The average molecular weight is 389 g/mol. The molecule has 148 valence electrons. The molecule has 1 unspecified atom stereocenters. The predicted octanol–water partition coefficient (Wildman–Crippen LogP) is 5.65. The van der Waals surface area contributed by atoms with E-state index >= 15 is 0 Å². The quantitative estimate of drug-likeness (QED) is 0.577. The molecule has 1 amide bonds. The van der Waals surface area contributed by atoms with Crippen molar-refractivity contribution in [3.63, 3.8) is 0 Å². The topological polar surface area (TPSA) is 29.5 Å². The van der Waals surface area contributed by atoms with Crippen LogP contribution in [0.15, 0.2) is 66.7 Å². The van der Waals surface area contributed by atoms with Gasteiger partial charge in [0.2, 0.25) is 0 Å². The molecule has 0 bridgehead atoms. The van der Waals surface area contributed by atoms with Crippen LogP contribution in [-0.2, 0) is 6.42 Å². The minimum atomic E-state index is -0.316. The third-order valence-electron chi connectivity index (χ3n) is 5.68. The van der Waals surface area contributed by atoms with E-state index in [1.54, 1.807) is 24.1 Å². The molecular weight excluding hydrogens is 365 g/mol. The average Bonchev–Trinajstić information content (AvgIpc) is 2.92. The number of ether oxygens (including phenoxy) is 1. The second-order valence-corrected chi connectivity index (χ2v) is 7.37. The van der Waals surface area contributed by atoms with Gasteiger partial charge in [-0.05, 0) is 49.1 Å². The number of para-hydroxylation sites is 1. The number of nitrogens with zero attached hydrogens (tertiary/aromatic N) is 1. The van der Waals surface area contributed by atoms with E-state index in [2.05, 4.69) is 6.07 Å². The molecule has 0 aliphatic carbocycles. The zero-order valence-electron chi connectivity index (χ0n) is 16.7. The van der Waals surface area contributed by atoms with Crippen LogP contribution in [0.1, 0.15) is 40.9 Å². The first-order valence-electron chi connectivity index (χ1n) is 9.92. The van der Waals surface area contributed by atoms with Crippen LogP contribution in [0.4, 0.5) is 4.39 Å². The van der Waals surface area contributed by atoms with Gasteiger partial charge in [-0.3, -0.25) is 4.79 Å². The fourth-order valence-corrected chi connectivity index (χ4v) is 4.11. The summed E-state index contributed by atoms with van der Waals surface area (Å²) in [6, 6.07) is 20.2. The van der Waals surface area contributed by atoms with Crippen LogP contribution in [-0.4, -0.2) is 24.5 Å². The van der Waals surface area contributed by atoms with Crippen molar-refractivity contribution in [1.82, 2.24) is 4.90 Å². The molecule has 29 heavy (non-hydrogen) atoms. The number of carbonyl (C=O) groups excluding carboxylic acids is 1. The van der Waals surface area contributed by atoms with E-state index in [0.29, 0.717) is 17.7 Å². The van der Waals surface area contributed by atoms with Crippen LogP contribution in [0.3, 0.4) is 0 Å². The molecule has 3 aromatic rings. The zero-order chi connectivity index (χ0) is 20.4. The fraction of sp³-hybridized carbons (Fsp3) is 0.240. The van der Waals surface area contributed by atoms with Crippen molar-refractivity contribution in [1.29, 1.82) is 0 Å². The largest absolute Gasteiger partial charge is 0.496 e. The SMILES string of the molecule is COc1ccccc1-c1ccc2c(c1)CCCN(C(C)c1ccccc1F)C2=O. The van der Waals surface area contributed by atoms with E-state index in [9.17, 15) is 9.18 Å². The molecule has 1 heterocycles. The number of hydrogen-bond acceptors (Lipinski definition) is 2. The molecule has 0 saturated heterocycles. The molecule has 1 atom stereocenters. The summed E-state index contributed by atoms with van der Waals surface area (Å²) in [5.74, 6) is 0.492. The Kier molecular flexibility index (Phi) is 5.34. The van der Waals surface area contributed by atoms with Crippen LogP contribution in [0.2, 0.25) is 0 Å². The smallest absolute Gasteiger partial charge is 0.254 e. The van der Waals surface area contributed by atoms with Gasteiger partial charge in [0.1, 0.15) is 11.6 Å². The Hall–Kier alpha value is -3.14. The van der Waals surface area contributed by atoms with E-state index in [1.165, 1.54) is 6.07 Å². The number of methoxy groups -OCH3 is 1. The highest BCUT2D eigenvalue weighted by Gasteiger charge is 2.28. The molecule has 4 rings (SSSR count). The summed E-state index contributed by atoms with van der Waals surface area (Å²) in [7, 11) is 1.66. The molecule has 0 aromatic heterocycles. The molecule has 3 nitrogen and oxygen atoms in total. The Balaban J connectivity index is 1.69. The van der Waals surface area contributed by atoms with Crippen LogP contribution in [0.25, 0.3) is 11.1 Å². The van der Waals surface area contributed by atoms with Gasteiger partial charge in [-0.1, -0.05) is 48.5 Å². The molecule has 0 spiro atoms.